The lowest BCUT2D eigenvalue weighted by Crippen LogP contribution is -2.25. The van der Waals surface area contributed by atoms with Gasteiger partial charge in [0.25, 0.3) is 0 Å². The van der Waals surface area contributed by atoms with Gasteiger partial charge in [-0.3, -0.25) is 39.9 Å². The van der Waals surface area contributed by atoms with E-state index in [9.17, 15) is 13.2 Å². The van der Waals surface area contributed by atoms with Crippen LogP contribution >= 0.6 is 34.8 Å². The fourth-order valence-corrected chi connectivity index (χ4v) is 18.0. The summed E-state index contributed by atoms with van der Waals surface area (Å²) in [6.07, 6.45) is 12.5. The minimum atomic E-state index is -4.40. The van der Waals surface area contributed by atoms with Gasteiger partial charge in [0, 0.05) is 94.0 Å². The van der Waals surface area contributed by atoms with Crippen LogP contribution in [-0.2, 0) is 15.7 Å². The number of nitrogens with zero attached hydrogens (tertiary/aromatic N) is 16. The number of para-hydroxylation sites is 8. The van der Waals surface area contributed by atoms with E-state index in [1.807, 2.05) is 257 Å². The zero-order valence-corrected chi connectivity index (χ0v) is 80.7. The number of halogens is 6. The van der Waals surface area contributed by atoms with Crippen LogP contribution in [0, 0.1) is 13.8 Å². The first kappa shape index (κ1) is 94.6. The molecule has 0 radical (unpaired) electrons. The molecule has 22 nitrogen and oxygen atoms in total. The highest BCUT2D eigenvalue weighted by Crippen LogP contribution is 2.39. The van der Waals surface area contributed by atoms with E-state index in [2.05, 4.69) is 123 Å². The number of aromatic nitrogens is 12. The molecule has 4 N–H and O–H groups in total. The fraction of sp³-hybridized carbons (Fsp3) is 0.186. The molecule has 2 fully saturated rings. The van der Waals surface area contributed by atoms with E-state index in [1.165, 1.54) is 12.1 Å². The number of anilines is 8. The van der Waals surface area contributed by atoms with E-state index in [4.69, 9.17) is 84.2 Å². The summed E-state index contributed by atoms with van der Waals surface area (Å²) in [4.78, 5) is 57.3. The molecule has 0 amide bonds. The van der Waals surface area contributed by atoms with Gasteiger partial charge in [-0.2, -0.15) is 13.2 Å². The predicted molar refractivity (Wildman–Crippen MR) is 560 cm³/mol. The Morgan fingerprint density at radius 2 is 0.674 bits per heavy atom. The second kappa shape index (κ2) is 42.5. The van der Waals surface area contributed by atoms with Gasteiger partial charge in [0.1, 0.15) is 0 Å². The number of rotatable bonds is 17. The van der Waals surface area contributed by atoms with E-state index >= 15 is 0 Å². The van der Waals surface area contributed by atoms with E-state index < -0.39 is 11.7 Å². The first-order valence-corrected chi connectivity index (χ1v) is 48.0. The second-order valence-corrected chi connectivity index (χ2v) is 36.5. The van der Waals surface area contributed by atoms with Gasteiger partial charge >= 0.3 is 6.18 Å². The van der Waals surface area contributed by atoms with Crippen molar-refractivity contribution in [2.45, 2.75) is 117 Å². The van der Waals surface area contributed by atoms with Crippen molar-refractivity contribution in [3.63, 3.8) is 0 Å². The first-order valence-electron chi connectivity index (χ1n) is 46.9. The number of benzene rings is 12. The Kier molecular flexibility index (Phi) is 28.5. The molecule has 0 bridgehead atoms. The van der Waals surface area contributed by atoms with E-state index in [1.54, 1.807) is 31.9 Å². The zero-order valence-electron chi connectivity index (χ0n) is 78.5. The van der Waals surface area contributed by atoms with Crippen LogP contribution in [0.4, 0.5) is 58.7 Å². The van der Waals surface area contributed by atoms with Gasteiger partial charge in [0.15, 0.2) is 0 Å². The van der Waals surface area contributed by atoms with Crippen LogP contribution in [0.3, 0.4) is 0 Å². The van der Waals surface area contributed by atoms with Gasteiger partial charge in [-0.05, 0) is 323 Å². The number of methoxy groups -OCH3 is 1. The Morgan fingerprint density at radius 1 is 0.362 bits per heavy atom. The molecule has 10 aliphatic rings. The summed E-state index contributed by atoms with van der Waals surface area (Å²) in [6.45, 7) is 13.6. The minimum absolute atomic E-state index is 0.0230. The maximum atomic E-state index is 13.2. The Bertz CT molecular complexity index is 8000. The Hall–Kier alpha value is -15.4. The molecular weight excluding hydrogens is 1830 g/mol. The van der Waals surface area contributed by atoms with Gasteiger partial charge < -0.3 is 49.0 Å². The summed E-state index contributed by atoms with van der Waals surface area (Å²) in [5.74, 6) is 0. The summed E-state index contributed by atoms with van der Waals surface area (Å²) in [7, 11) is 1.80. The minimum Gasteiger partial charge on any atom is -0.381 e. The van der Waals surface area contributed by atoms with Crippen molar-refractivity contribution in [3.05, 3.63) is 382 Å². The Balaban J connectivity index is 0.000000120. The van der Waals surface area contributed by atoms with Gasteiger partial charge in [0.2, 0.25) is 0 Å². The summed E-state index contributed by atoms with van der Waals surface area (Å²) >= 11 is 18.6. The molecule has 0 unspecified atom stereocenters. The van der Waals surface area contributed by atoms with Crippen molar-refractivity contribution in [3.8, 4) is 68.3 Å². The number of hydrogen-bond acceptors (Lipinski definition) is 18. The lowest BCUT2D eigenvalue weighted by atomic mass is 9.93. The second-order valence-electron chi connectivity index (χ2n) is 35.2. The molecule has 28 heteroatoms. The molecule has 706 valence electrons. The SMILES string of the molecule is CC(C)N=c1cc2n(-c3ccc(C(F)(F)F)cc3)c3ccccc3nc-2cc1Nc1cccnc1.CC(C)N=c1cc2n(-c3ccc(Cl)cc3)c3ccccc3nc-2cc1Nc1cccnc1.COC1CCC(N=c2cc3n(-c4ccc(Cl)cc4)c4ccccc4nc-3cc2Nc2ccc(C)nc2)CC1.Cc1ccc(Nc2cc3nc4ccccc4n(-c4ccc(Cl)cc4)c-3cc2=NC2CCOCC2)cn1. The van der Waals surface area contributed by atoms with Crippen LogP contribution in [0.2, 0.25) is 15.1 Å². The molecule has 22 rings (SSSR count). The van der Waals surface area contributed by atoms with Gasteiger partial charge in [0.05, 0.1) is 205 Å². The average Bonchev–Trinajstić information content (AvgIpc) is 0.763. The maximum Gasteiger partial charge on any atom is 0.416 e. The lowest BCUT2D eigenvalue weighted by molar-refractivity contribution is -0.137. The van der Waals surface area contributed by atoms with Crippen LogP contribution < -0.4 is 42.7 Å². The highest BCUT2D eigenvalue weighted by atomic mass is 35.5. The summed E-state index contributed by atoms with van der Waals surface area (Å²) in [5, 5.41) is 19.5. The molecule has 5 aliphatic heterocycles. The predicted octanol–water partition coefficient (Wildman–Crippen LogP) is 26.2. The standard InChI is InChI=1S/C31H30ClN5O.C29H26ClN5O.C27H22F3N5.C26H22ClN5/c1-20-7-10-23(19-33-20)35-27-17-29-31(18-28(27)34-22-11-15-25(38-2)16-12-22)37(24-13-8-21(32)9-14-24)30-6-4-3-5-26(30)36-29;1-19-6-9-22(18-31-19)33-25-16-27-29(17-26(25)32-21-12-14-36-15-13-21)35(23-10-7-20(30)8-11-23)28-5-3-2-4-24(28)34-27;1-17(2)32-23-15-26-24(14-22(23)33-19-6-5-13-31-16-19)34-21-7-3-4-8-25(21)35(26)20-11-9-18(10-12-20)27(28,29)30;1-17(2)29-23-15-26-24(14-22(23)30-19-6-5-13-28-16-19)31-21-7-3-4-8-25(21)32(26)20-11-9-18(27)10-12-20/h3-10,13-14,17-19,22,25,35H,11-12,15-16H2,1-2H3;2-11,16-18,21,33H,12-15H2,1H3;3-17,33H,1-2H3;3-17,30H,1-2H3. The third-order valence-electron chi connectivity index (χ3n) is 24.4. The number of fused-ring (bicyclic) bond motifs is 8. The van der Waals surface area contributed by atoms with Crippen LogP contribution in [0.25, 0.3) is 112 Å². The molecule has 141 heavy (non-hydrogen) atoms. The van der Waals surface area contributed by atoms with Gasteiger partial charge in [-0.25, -0.2) is 19.9 Å². The third kappa shape index (κ3) is 22.2. The molecule has 9 heterocycles. The number of ether oxygens (including phenoxy) is 2. The fourth-order valence-electron chi connectivity index (χ4n) is 17.6. The highest BCUT2D eigenvalue weighted by molar-refractivity contribution is 6.31. The van der Waals surface area contributed by atoms with Crippen LogP contribution in [0.15, 0.2) is 348 Å². The zero-order chi connectivity index (χ0) is 97.2. The Morgan fingerprint density at radius 3 is 0.979 bits per heavy atom. The summed E-state index contributed by atoms with van der Waals surface area (Å²) < 4.78 is 59.3. The van der Waals surface area contributed by atoms with Crippen molar-refractivity contribution in [1.82, 2.24) is 58.1 Å². The van der Waals surface area contributed by atoms with Crippen molar-refractivity contribution < 1.29 is 22.6 Å². The van der Waals surface area contributed by atoms with E-state index in [0.717, 1.165) is 238 Å². The highest BCUT2D eigenvalue weighted by Gasteiger charge is 2.31. The van der Waals surface area contributed by atoms with Crippen LogP contribution in [0.5, 0.6) is 0 Å². The molecule has 0 spiro atoms. The number of hydrogen-bond donors (Lipinski definition) is 4. The third-order valence-corrected chi connectivity index (χ3v) is 25.1. The maximum absolute atomic E-state index is 13.2. The summed E-state index contributed by atoms with van der Waals surface area (Å²) in [5.41, 5.74) is 26.2. The largest absolute Gasteiger partial charge is 0.416 e. The molecule has 1 saturated carbocycles. The smallest absolute Gasteiger partial charge is 0.381 e. The van der Waals surface area contributed by atoms with E-state index in [-0.39, 0.29) is 24.2 Å². The first-order chi connectivity index (χ1) is 68.6. The van der Waals surface area contributed by atoms with Crippen molar-refractivity contribution in [1.29, 1.82) is 0 Å². The summed E-state index contributed by atoms with van der Waals surface area (Å²) in [6, 6.07) is 93.8. The number of aryl methyl sites for hydroxylation is 2. The van der Waals surface area contributed by atoms with Crippen LogP contribution in [-0.4, -0.2) is 109 Å². The molecule has 12 aromatic rings. The molecule has 4 aromatic heterocycles. The normalized spacial score (nSPS) is 14.6. The van der Waals surface area contributed by atoms with Crippen LogP contribution in [0.1, 0.15) is 83.2 Å². The molecule has 8 aromatic carbocycles. The Labute approximate surface area is 827 Å². The molecular formula is C113H100Cl3F3N20O2. The molecule has 1 saturated heterocycles. The lowest BCUT2D eigenvalue weighted by Gasteiger charge is -2.25. The van der Waals surface area contributed by atoms with Crippen molar-refractivity contribution in [2.24, 2.45) is 20.0 Å². The monoisotopic (exact) mass is 1930 g/mol. The van der Waals surface area contributed by atoms with E-state index in [0.29, 0.717) is 37.9 Å². The van der Waals surface area contributed by atoms with Gasteiger partial charge in [-0.1, -0.05) is 83.3 Å². The average molecular weight is 1930 g/mol. The van der Waals surface area contributed by atoms with Crippen molar-refractivity contribution >= 4 is 124 Å². The topological polar surface area (TPSA) is 239 Å². The quantitative estimate of drug-likeness (QED) is 0.0621. The molecule has 0 atom stereocenters. The van der Waals surface area contributed by atoms with Crippen molar-refractivity contribution in [2.75, 3.05) is 41.6 Å². The molecule has 5 aliphatic carbocycles. The number of pyridine rings is 4. The van der Waals surface area contributed by atoms with Gasteiger partial charge in [-0.15, -0.1) is 0 Å². The number of alkyl halides is 3. The number of nitrogens with one attached hydrogen (secondary N) is 4.